The van der Waals surface area contributed by atoms with Gasteiger partial charge in [0.25, 0.3) is 0 Å². The quantitative estimate of drug-likeness (QED) is 0.732. The summed E-state index contributed by atoms with van der Waals surface area (Å²) in [5, 5.41) is 4.96. The van der Waals surface area contributed by atoms with Crippen LogP contribution < -0.4 is 5.32 Å². The van der Waals surface area contributed by atoms with E-state index in [1.807, 2.05) is 25.1 Å². The Labute approximate surface area is 122 Å². The van der Waals surface area contributed by atoms with Crippen LogP contribution in [-0.4, -0.2) is 9.97 Å². The molecule has 0 saturated heterocycles. The van der Waals surface area contributed by atoms with Crippen molar-refractivity contribution in [1.29, 1.82) is 0 Å². The summed E-state index contributed by atoms with van der Waals surface area (Å²) in [5.74, 6) is 0. The molecule has 0 aliphatic rings. The summed E-state index contributed by atoms with van der Waals surface area (Å²) < 4.78 is 0. The fourth-order valence-corrected chi connectivity index (χ4v) is 2.28. The lowest BCUT2D eigenvalue weighted by Gasteiger charge is -2.09. The lowest BCUT2D eigenvalue weighted by Crippen LogP contribution is -2.01. The van der Waals surface area contributed by atoms with Gasteiger partial charge in [0.05, 0.1) is 11.2 Å². The first-order valence-corrected chi connectivity index (χ1v) is 6.80. The molecule has 0 amide bonds. The van der Waals surface area contributed by atoms with Gasteiger partial charge in [-0.1, -0.05) is 23.7 Å². The molecule has 0 spiro atoms. The number of anilines is 1. The zero-order valence-corrected chi connectivity index (χ0v) is 11.9. The van der Waals surface area contributed by atoms with Gasteiger partial charge in [0.15, 0.2) is 5.15 Å². The van der Waals surface area contributed by atoms with E-state index in [4.69, 9.17) is 11.6 Å². The Morgan fingerprint density at radius 1 is 1.15 bits per heavy atom. The van der Waals surface area contributed by atoms with Crippen LogP contribution in [0.15, 0.2) is 48.8 Å². The first kappa shape index (κ1) is 12.9. The zero-order valence-electron chi connectivity index (χ0n) is 11.1. The van der Waals surface area contributed by atoms with Gasteiger partial charge in [-0.05, 0) is 42.3 Å². The second-order valence-electron chi connectivity index (χ2n) is 4.74. The van der Waals surface area contributed by atoms with E-state index < -0.39 is 0 Å². The van der Waals surface area contributed by atoms with Crippen molar-refractivity contribution in [3.63, 3.8) is 0 Å². The number of aryl methyl sites for hydroxylation is 1. The smallest absolute Gasteiger partial charge is 0.152 e. The molecule has 3 rings (SSSR count). The van der Waals surface area contributed by atoms with E-state index in [1.54, 1.807) is 12.4 Å². The van der Waals surface area contributed by atoms with Crippen molar-refractivity contribution >= 4 is 28.2 Å². The van der Waals surface area contributed by atoms with Gasteiger partial charge in [-0.25, -0.2) is 4.98 Å². The Kier molecular flexibility index (Phi) is 3.52. The van der Waals surface area contributed by atoms with E-state index >= 15 is 0 Å². The van der Waals surface area contributed by atoms with Gasteiger partial charge < -0.3 is 5.32 Å². The third kappa shape index (κ3) is 2.73. The Balaban J connectivity index is 1.81. The molecule has 20 heavy (non-hydrogen) atoms. The molecule has 3 aromatic rings. The molecule has 0 radical (unpaired) electrons. The summed E-state index contributed by atoms with van der Waals surface area (Å²) in [4.78, 5) is 8.45. The third-order valence-corrected chi connectivity index (χ3v) is 3.43. The van der Waals surface area contributed by atoms with Gasteiger partial charge >= 0.3 is 0 Å². The molecule has 0 atom stereocenters. The minimum atomic E-state index is 0.498. The summed E-state index contributed by atoms with van der Waals surface area (Å²) in [7, 11) is 0. The first-order chi connectivity index (χ1) is 9.72. The topological polar surface area (TPSA) is 37.8 Å². The number of nitrogens with one attached hydrogen (secondary N) is 1. The predicted octanol–water partition coefficient (Wildman–Crippen LogP) is 4.20. The Bertz CT molecular complexity index is 756. The number of rotatable bonds is 3. The number of aromatic nitrogens is 2. The van der Waals surface area contributed by atoms with Crippen molar-refractivity contribution in [1.82, 2.24) is 9.97 Å². The molecule has 0 aliphatic carbocycles. The van der Waals surface area contributed by atoms with Crippen LogP contribution in [-0.2, 0) is 6.54 Å². The van der Waals surface area contributed by atoms with Crippen LogP contribution >= 0.6 is 11.6 Å². The SMILES string of the molecule is Cc1cnc(Cl)c(NCc2ccc3ncccc3c2)c1. The van der Waals surface area contributed by atoms with Crippen molar-refractivity contribution in [2.75, 3.05) is 5.32 Å². The lowest BCUT2D eigenvalue weighted by atomic mass is 10.1. The van der Waals surface area contributed by atoms with Crippen molar-refractivity contribution in [3.8, 4) is 0 Å². The molecule has 2 aromatic heterocycles. The van der Waals surface area contributed by atoms with Gasteiger partial charge in [0.2, 0.25) is 0 Å². The van der Waals surface area contributed by atoms with E-state index in [0.29, 0.717) is 11.7 Å². The van der Waals surface area contributed by atoms with E-state index in [9.17, 15) is 0 Å². The average molecular weight is 284 g/mol. The minimum absolute atomic E-state index is 0.498. The monoisotopic (exact) mass is 283 g/mol. The van der Waals surface area contributed by atoms with E-state index in [2.05, 4.69) is 33.5 Å². The van der Waals surface area contributed by atoms with Gasteiger partial charge in [0.1, 0.15) is 0 Å². The second-order valence-corrected chi connectivity index (χ2v) is 5.09. The number of hydrogen-bond acceptors (Lipinski definition) is 3. The molecule has 1 aromatic carbocycles. The van der Waals surface area contributed by atoms with Crippen LogP contribution in [0.4, 0.5) is 5.69 Å². The molecule has 0 unspecified atom stereocenters. The Hall–Kier alpha value is -2.13. The maximum absolute atomic E-state index is 6.07. The average Bonchev–Trinajstić information content (AvgIpc) is 2.48. The molecule has 0 fully saturated rings. The van der Waals surface area contributed by atoms with Gasteiger partial charge in [-0.2, -0.15) is 0 Å². The van der Waals surface area contributed by atoms with Crippen LogP contribution in [0.3, 0.4) is 0 Å². The Morgan fingerprint density at radius 2 is 2.05 bits per heavy atom. The summed E-state index contributed by atoms with van der Waals surface area (Å²) in [6.07, 6.45) is 3.56. The number of halogens is 1. The van der Waals surface area contributed by atoms with Gasteiger partial charge in [-0.15, -0.1) is 0 Å². The van der Waals surface area contributed by atoms with Crippen LogP contribution in [0.5, 0.6) is 0 Å². The molecular weight excluding hydrogens is 270 g/mol. The fourth-order valence-electron chi connectivity index (χ4n) is 2.11. The van der Waals surface area contributed by atoms with E-state index in [1.165, 1.54) is 5.56 Å². The van der Waals surface area contributed by atoms with Crippen LogP contribution in [0.25, 0.3) is 10.9 Å². The zero-order chi connectivity index (χ0) is 13.9. The minimum Gasteiger partial charge on any atom is -0.378 e. The maximum atomic E-state index is 6.07. The second kappa shape index (κ2) is 5.47. The first-order valence-electron chi connectivity index (χ1n) is 6.42. The molecule has 3 nitrogen and oxygen atoms in total. The molecule has 4 heteroatoms. The largest absolute Gasteiger partial charge is 0.378 e. The molecule has 1 N–H and O–H groups in total. The van der Waals surface area contributed by atoms with E-state index in [-0.39, 0.29) is 0 Å². The molecule has 0 bridgehead atoms. The standard InChI is InChI=1S/C16H14ClN3/c1-11-7-15(16(17)20-9-11)19-10-12-4-5-14-13(8-12)3-2-6-18-14/h2-9,19H,10H2,1H3. The van der Waals surface area contributed by atoms with Gasteiger partial charge in [0, 0.05) is 24.3 Å². The van der Waals surface area contributed by atoms with Crippen molar-refractivity contribution < 1.29 is 0 Å². The highest BCUT2D eigenvalue weighted by Gasteiger charge is 2.02. The fraction of sp³-hybridized carbons (Fsp3) is 0.125. The maximum Gasteiger partial charge on any atom is 0.152 e. The van der Waals surface area contributed by atoms with Crippen molar-refractivity contribution in [2.45, 2.75) is 13.5 Å². The number of hydrogen-bond donors (Lipinski definition) is 1. The number of nitrogens with zero attached hydrogens (tertiary/aromatic N) is 2. The molecule has 100 valence electrons. The normalized spacial score (nSPS) is 10.7. The summed E-state index contributed by atoms with van der Waals surface area (Å²) in [5.41, 5.74) is 4.13. The van der Waals surface area contributed by atoms with Crippen LogP contribution in [0.1, 0.15) is 11.1 Å². The Morgan fingerprint density at radius 3 is 2.95 bits per heavy atom. The number of benzene rings is 1. The summed E-state index contributed by atoms with van der Waals surface area (Å²) >= 11 is 6.07. The molecular formula is C16H14ClN3. The number of pyridine rings is 2. The highest BCUT2D eigenvalue weighted by atomic mass is 35.5. The highest BCUT2D eigenvalue weighted by molar-refractivity contribution is 6.31. The van der Waals surface area contributed by atoms with Crippen molar-refractivity contribution in [2.24, 2.45) is 0 Å². The predicted molar refractivity (Wildman–Crippen MR) is 83.1 cm³/mol. The third-order valence-electron chi connectivity index (χ3n) is 3.13. The van der Waals surface area contributed by atoms with E-state index in [0.717, 1.165) is 22.2 Å². The lowest BCUT2D eigenvalue weighted by molar-refractivity contribution is 1.13. The summed E-state index contributed by atoms with van der Waals surface area (Å²) in [6, 6.07) is 12.2. The number of fused-ring (bicyclic) bond motifs is 1. The molecule has 0 aliphatic heterocycles. The molecule has 0 saturated carbocycles. The molecule has 2 heterocycles. The highest BCUT2D eigenvalue weighted by Crippen LogP contribution is 2.21. The summed E-state index contributed by atoms with van der Waals surface area (Å²) in [6.45, 7) is 2.70. The van der Waals surface area contributed by atoms with Crippen molar-refractivity contribution in [3.05, 3.63) is 65.1 Å². The van der Waals surface area contributed by atoms with Crippen LogP contribution in [0.2, 0.25) is 5.15 Å². The van der Waals surface area contributed by atoms with Gasteiger partial charge in [-0.3, -0.25) is 4.98 Å². The van der Waals surface area contributed by atoms with Crippen LogP contribution in [0, 0.1) is 6.92 Å².